The molecule has 21 heavy (non-hydrogen) atoms. The molecule has 0 radical (unpaired) electrons. The monoisotopic (exact) mass is 310 g/mol. The standard InChI is InChI=1S/C15H22N2O3S/c1-12(18)14-6-3-7-15(9-14)21(19,20)17-8-4-5-13(11-17)10-16-2/h3,6-7,9,13,16H,4-5,8,10-11H2,1-2H3. The largest absolute Gasteiger partial charge is 0.319 e. The Balaban J connectivity index is 2.25. The summed E-state index contributed by atoms with van der Waals surface area (Å²) in [5.41, 5.74) is 0.430. The number of carbonyl (C=O) groups is 1. The highest BCUT2D eigenvalue weighted by molar-refractivity contribution is 7.89. The predicted octanol–water partition coefficient (Wildman–Crippen LogP) is 1.51. The van der Waals surface area contributed by atoms with Gasteiger partial charge in [0.1, 0.15) is 0 Å². The van der Waals surface area contributed by atoms with Crippen LogP contribution in [-0.2, 0) is 10.0 Å². The van der Waals surface area contributed by atoms with E-state index in [-0.39, 0.29) is 10.7 Å². The van der Waals surface area contributed by atoms with Crippen molar-refractivity contribution in [1.29, 1.82) is 0 Å². The molecule has 6 heteroatoms. The fourth-order valence-electron chi connectivity index (χ4n) is 2.73. The van der Waals surface area contributed by atoms with E-state index in [9.17, 15) is 13.2 Å². The Bertz CT molecular complexity index is 611. The van der Waals surface area contributed by atoms with E-state index in [0.717, 1.165) is 19.4 Å². The smallest absolute Gasteiger partial charge is 0.243 e. The summed E-state index contributed by atoms with van der Waals surface area (Å²) in [5.74, 6) is 0.216. The van der Waals surface area contributed by atoms with E-state index in [1.165, 1.54) is 17.3 Å². The second-order valence-corrected chi connectivity index (χ2v) is 7.45. The zero-order valence-electron chi connectivity index (χ0n) is 12.5. The molecule has 0 spiro atoms. The van der Waals surface area contributed by atoms with Crippen LogP contribution in [0.2, 0.25) is 0 Å². The lowest BCUT2D eigenvalue weighted by atomic mass is 10.00. The number of sulfonamides is 1. The number of ketones is 1. The van der Waals surface area contributed by atoms with Gasteiger partial charge in [0, 0.05) is 18.7 Å². The summed E-state index contributed by atoms with van der Waals surface area (Å²) in [6, 6.07) is 6.29. The van der Waals surface area contributed by atoms with E-state index in [4.69, 9.17) is 0 Å². The maximum Gasteiger partial charge on any atom is 0.243 e. The summed E-state index contributed by atoms with van der Waals surface area (Å²) in [5, 5.41) is 3.11. The first kappa shape index (κ1) is 16.1. The molecule has 1 unspecified atom stereocenters. The van der Waals surface area contributed by atoms with Crippen LogP contribution in [0.5, 0.6) is 0 Å². The Morgan fingerprint density at radius 1 is 1.43 bits per heavy atom. The summed E-state index contributed by atoms with van der Waals surface area (Å²) < 4.78 is 27.0. The average molecular weight is 310 g/mol. The molecule has 0 aliphatic carbocycles. The number of nitrogens with zero attached hydrogens (tertiary/aromatic N) is 1. The van der Waals surface area contributed by atoms with Gasteiger partial charge in [0.15, 0.2) is 5.78 Å². The molecule has 1 aliphatic heterocycles. The highest BCUT2D eigenvalue weighted by Gasteiger charge is 2.30. The van der Waals surface area contributed by atoms with E-state index in [2.05, 4.69) is 5.32 Å². The molecule has 1 atom stereocenters. The summed E-state index contributed by atoms with van der Waals surface area (Å²) in [4.78, 5) is 11.6. The number of hydrogen-bond donors (Lipinski definition) is 1. The van der Waals surface area contributed by atoms with Crippen LogP contribution in [0.15, 0.2) is 29.2 Å². The van der Waals surface area contributed by atoms with E-state index < -0.39 is 10.0 Å². The molecule has 1 saturated heterocycles. The summed E-state index contributed by atoms with van der Waals surface area (Å²) >= 11 is 0. The third-order valence-electron chi connectivity index (χ3n) is 3.85. The van der Waals surface area contributed by atoms with Crippen molar-refractivity contribution in [2.45, 2.75) is 24.7 Å². The molecule has 0 saturated carbocycles. The van der Waals surface area contributed by atoms with Crippen molar-refractivity contribution in [2.24, 2.45) is 5.92 Å². The Morgan fingerprint density at radius 3 is 2.86 bits per heavy atom. The summed E-state index contributed by atoms with van der Waals surface area (Å²) in [7, 11) is -1.64. The van der Waals surface area contributed by atoms with Crippen molar-refractivity contribution in [3.05, 3.63) is 29.8 Å². The molecule has 1 aromatic carbocycles. The Hall–Kier alpha value is -1.24. The lowest BCUT2D eigenvalue weighted by Crippen LogP contribution is -2.42. The number of nitrogens with one attached hydrogen (secondary N) is 1. The highest BCUT2D eigenvalue weighted by atomic mass is 32.2. The second-order valence-electron chi connectivity index (χ2n) is 5.51. The minimum atomic E-state index is -3.52. The van der Waals surface area contributed by atoms with Crippen LogP contribution < -0.4 is 5.32 Å². The van der Waals surface area contributed by atoms with Crippen molar-refractivity contribution in [2.75, 3.05) is 26.7 Å². The maximum absolute atomic E-state index is 12.7. The van der Waals surface area contributed by atoms with E-state index in [1.54, 1.807) is 18.2 Å². The lowest BCUT2D eigenvalue weighted by molar-refractivity contribution is 0.101. The van der Waals surface area contributed by atoms with Crippen LogP contribution in [0.1, 0.15) is 30.1 Å². The second kappa shape index (κ2) is 6.68. The van der Waals surface area contributed by atoms with Gasteiger partial charge in [-0.15, -0.1) is 0 Å². The van der Waals surface area contributed by atoms with Gasteiger partial charge in [-0.25, -0.2) is 8.42 Å². The van der Waals surface area contributed by atoms with Crippen molar-refractivity contribution < 1.29 is 13.2 Å². The molecule has 5 nitrogen and oxygen atoms in total. The van der Waals surface area contributed by atoms with Gasteiger partial charge in [-0.3, -0.25) is 4.79 Å². The van der Waals surface area contributed by atoms with Crippen molar-refractivity contribution in [1.82, 2.24) is 9.62 Å². The topological polar surface area (TPSA) is 66.5 Å². The minimum absolute atomic E-state index is 0.126. The van der Waals surface area contributed by atoms with E-state index >= 15 is 0 Å². The fraction of sp³-hybridized carbons (Fsp3) is 0.533. The fourth-order valence-corrected chi connectivity index (χ4v) is 4.33. The van der Waals surface area contributed by atoms with Crippen molar-refractivity contribution in [3.8, 4) is 0 Å². The van der Waals surface area contributed by atoms with Gasteiger partial charge in [-0.1, -0.05) is 12.1 Å². The van der Waals surface area contributed by atoms with Gasteiger partial charge in [0.2, 0.25) is 10.0 Å². The van der Waals surface area contributed by atoms with E-state index in [0.29, 0.717) is 24.6 Å². The molecule has 1 aliphatic rings. The molecular weight excluding hydrogens is 288 g/mol. The number of rotatable bonds is 5. The summed E-state index contributed by atoms with van der Waals surface area (Å²) in [6.07, 6.45) is 1.92. The molecule has 116 valence electrons. The first-order valence-corrected chi connectivity index (χ1v) is 8.65. The van der Waals surface area contributed by atoms with Crippen LogP contribution in [0, 0.1) is 5.92 Å². The zero-order valence-corrected chi connectivity index (χ0v) is 13.3. The van der Waals surface area contributed by atoms with Crippen LogP contribution in [-0.4, -0.2) is 45.2 Å². The zero-order chi connectivity index (χ0) is 15.5. The predicted molar refractivity (Wildman–Crippen MR) is 81.9 cm³/mol. The maximum atomic E-state index is 12.7. The lowest BCUT2D eigenvalue weighted by Gasteiger charge is -2.31. The highest BCUT2D eigenvalue weighted by Crippen LogP contribution is 2.24. The third kappa shape index (κ3) is 3.70. The Kier molecular flexibility index (Phi) is 5.13. The number of carbonyl (C=O) groups excluding carboxylic acids is 1. The Morgan fingerprint density at radius 2 is 2.19 bits per heavy atom. The van der Waals surface area contributed by atoms with Crippen molar-refractivity contribution >= 4 is 15.8 Å². The van der Waals surface area contributed by atoms with Gasteiger partial charge in [-0.05, 0) is 51.4 Å². The first-order valence-electron chi connectivity index (χ1n) is 7.21. The molecule has 1 heterocycles. The number of hydrogen-bond acceptors (Lipinski definition) is 4. The number of benzene rings is 1. The molecule has 1 N–H and O–H groups in total. The quantitative estimate of drug-likeness (QED) is 0.837. The molecule has 0 amide bonds. The Labute approximate surface area is 126 Å². The number of piperidine rings is 1. The molecule has 0 bridgehead atoms. The molecule has 0 aromatic heterocycles. The van der Waals surface area contributed by atoms with Crippen LogP contribution in [0.3, 0.4) is 0 Å². The minimum Gasteiger partial charge on any atom is -0.319 e. The summed E-state index contributed by atoms with van der Waals surface area (Å²) in [6.45, 7) is 3.34. The number of Topliss-reactive ketones (excluding diaryl/α,β-unsaturated/α-hetero) is 1. The van der Waals surface area contributed by atoms with Gasteiger partial charge >= 0.3 is 0 Å². The van der Waals surface area contributed by atoms with Crippen LogP contribution >= 0.6 is 0 Å². The van der Waals surface area contributed by atoms with Crippen LogP contribution in [0.25, 0.3) is 0 Å². The molecule has 1 aromatic rings. The first-order chi connectivity index (χ1) is 9.95. The van der Waals surface area contributed by atoms with Crippen LogP contribution in [0.4, 0.5) is 0 Å². The molecule has 2 rings (SSSR count). The van der Waals surface area contributed by atoms with E-state index in [1.807, 2.05) is 7.05 Å². The van der Waals surface area contributed by atoms with Gasteiger partial charge < -0.3 is 5.32 Å². The van der Waals surface area contributed by atoms with Gasteiger partial charge in [0.25, 0.3) is 0 Å². The molecular formula is C15H22N2O3S. The van der Waals surface area contributed by atoms with Gasteiger partial charge in [0.05, 0.1) is 4.90 Å². The van der Waals surface area contributed by atoms with Gasteiger partial charge in [-0.2, -0.15) is 4.31 Å². The normalized spacial score (nSPS) is 20.4. The average Bonchev–Trinajstić information content (AvgIpc) is 2.48. The molecule has 1 fully saturated rings. The third-order valence-corrected chi connectivity index (χ3v) is 5.71. The SMILES string of the molecule is CNCC1CCCN(S(=O)(=O)c2cccc(C(C)=O)c2)C1. The van der Waals surface area contributed by atoms with Crippen molar-refractivity contribution in [3.63, 3.8) is 0 Å².